The number of benzene rings is 1. The highest BCUT2D eigenvalue weighted by Crippen LogP contribution is 2.23. The van der Waals surface area contributed by atoms with Crippen molar-refractivity contribution in [3.8, 4) is 11.6 Å². The molecule has 2 aliphatic heterocycles. The predicted octanol–water partition coefficient (Wildman–Crippen LogP) is 1.72. The minimum atomic E-state index is -0.850. The number of amides is 5. The summed E-state index contributed by atoms with van der Waals surface area (Å²) in [7, 11) is 0. The van der Waals surface area contributed by atoms with Gasteiger partial charge in [-0.25, -0.2) is 9.48 Å². The van der Waals surface area contributed by atoms with Crippen molar-refractivity contribution in [2.45, 2.75) is 70.5 Å². The van der Waals surface area contributed by atoms with Crippen molar-refractivity contribution in [3.05, 3.63) is 42.1 Å². The first-order chi connectivity index (χ1) is 22.2. The second-order valence-electron chi connectivity index (χ2n) is 11.9. The molecule has 3 fully saturated rings. The number of carbonyl (C=O) groups is 5. The third-order valence-electron chi connectivity index (χ3n) is 8.58. The van der Waals surface area contributed by atoms with Gasteiger partial charge in [0.15, 0.2) is 12.3 Å². The molecular formula is C32H43N7O7. The number of ether oxygens (including phenoxy) is 2. The standard InChI is InChI=1S/C32H43N7O7/c1-3-19-45-32(44)37-17-15-36(16-18-37)31(43)22(2)33-29(41)25-20-28(39(35-25)24-11-5-4-6-12-24)46-21-27(40)38-14-8-13-26(38)30(42)34-23-9-7-10-23/h4-6,11-12,20,22-23,26H,3,7-10,13-19,21H2,1-2H3,(H,33,41)(H,34,42)/t22-,26+/m1/s1. The first-order valence-electron chi connectivity index (χ1n) is 16.1. The first-order valence-corrected chi connectivity index (χ1v) is 16.1. The largest absolute Gasteiger partial charge is 0.467 e. The summed E-state index contributed by atoms with van der Waals surface area (Å²) in [5, 5.41) is 10.2. The zero-order chi connectivity index (χ0) is 32.6. The number of piperazine rings is 1. The van der Waals surface area contributed by atoms with Crippen LogP contribution in [0.1, 0.15) is 62.9 Å². The topological polar surface area (TPSA) is 155 Å². The lowest BCUT2D eigenvalue weighted by Gasteiger charge is -2.35. The Morgan fingerprint density at radius 3 is 2.35 bits per heavy atom. The van der Waals surface area contributed by atoms with Crippen LogP contribution in [0.5, 0.6) is 5.88 Å². The maximum atomic E-state index is 13.3. The van der Waals surface area contributed by atoms with E-state index in [1.807, 2.05) is 25.1 Å². The van der Waals surface area contributed by atoms with Gasteiger partial charge >= 0.3 is 6.09 Å². The Morgan fingerprint density at radius 1 is 0.957 bits per heavy atom. The summed E-state index contributed by atoms with van der Waals surface area (Å²) in [5.74, 6) is -1.13. The molecule has 0 unspecified atom stereocenters. The number of hydrogen-bond acceptors (Lipinski definition) is 8. The Balaban J connectivity index is 1.20. The molecule has 248 valence electrons. The van der Waals surface area contributed by atoms with Crippen LogP contribution in [-0.4, -0.2) is 118 Å². The van der Waals surface area contributed by atoms with Gasteiger partial charge in [-0.3, -0.25) is 19.2 Å². The minimum Gasteiger partial charge on any atom is -0.467 e. The molecule has 0 radical (unpaired) electrons. The molecule has 46 heavy (non-hydrogen) atoms. The highest BCUT2D eigenvalue weighted by molar-refractivity contribution is 5.96. The molecule has 1 saturated carbocycles. The zero-order valence-corrected chi connectivity index (χ0v) is 26.5. The van der Waals surface area contributed by atoms with E-state index >= 15 is 0 Å². The third kappa shape index (κ3) is 7.77. The molecule has 1 aliphatic carbocycles. The molecule has 2 aromatic rings. The molecule has 0 bridgehead atoms. The van der Waals surface area contributed by atoms with Crippen LogP contribution in [-0.2, 0) is 19.1 Å². The van der Waals surface area contributed by atoms with Crippen LogP contribution in [0.4, 0.5) is 4.79 Å². The Bertz CT molecular complexity index is 1400. The average Bonchev–Trinajstić information content (AvgIpc) is 3.72. The molecule has 14 heteroatoms. The van der Waals surface area contributed by atoms with Gasteiger partial charge in [-0.2, -0.15) is 5.10 Å². The summed E-state index contributed by atoms with van der Waals surface area (Å²) < 4.78 is 12.5. The minimum absolute atomic E-state index is 0.00775. The lowest BCUT2D eigenvalue weighted by Crippen LogP contribution is -2.55. The van der Waals surface area contributed by atoms with Crippen molar-refractivity contribution in [1.82, 2.24) is 35.1 Å². The normalized spacial score (nSPS) is 18.8. The summed E-state index contributed by atoms with van der Waals surface area (Å²) in [6.45, 7) is 5.36. The van der Waals surface area contributed by atoms with Crippen molar-refractivity contribution >= 4 is 29.7 Å². The fourth-order valence-corrected chi connectivity index (χ4v) is 5.73. The lowest BCUT2D eigenvalue weighted by molar-refractivity contribution is -0.140. The van der Waals surface area contributed by atoms with Gasteiger partial charge in [-0.1, -0.05) is 25.1 Å². The fourth-order valence-electron chi connectivity index (χ4n) is 5.73. The van der Waals surface area contributed by atoms with Gasteiger partial charge in [0.05, 0.1) is 12.3 Å². The second-order valence-corrected chi connectivity index (χ2v) is 11.9. The maximum absolute atomic E-state index is 13.3. The van der Waals surface area contributed by atoms with Crippen LogP contribution in [0.2, 0.25) is 0 Å². The van der Waals surface area contributed by atoms with Gasteiger partial charge < -0.3 is 34.8 Å². The predicted molar refractivity (Wildman–Crippen MR) is 166 cm³/mol. The van der Waals surface area contributed by atoms with Gasteiger partial charge in [0.2, 0.25) is 17.7 Å². The molecule has 2 N–H and O–H groups in total. The van der Waals surface area contributed by atoms with Crippen molar-refractivity contribution < 1.29 is 33.4 Å². The Kier molecular flexibility index (Phi) is 10.8. The molecule has 5 rings (SSSR count). The van der Waals surface area contributed by atoms with Crippen molar-refractivity contribution in [2.75, 3.05) is 45.9 Å². The summed E-state index contributed by atoms with van der Waals surface area (Å²) >= 11 is 0. The van der Waals surface area contributed by atoms with Crippen LogP contribution < -0.4 is 15.4 Å². The Labute approximate surface area is 268 Å². The number of nitrogens with zero attached hydrogens (tertiary/aromatic N) is 5. The number of nitrogens with one attached hydrogen (secondary N) is 2. The summed E-state index contributed by atoms with van der Waals surface area (Å²) in [6, 6.07) is 9.28. The number of para-hydroxylation sites is 1. The number of hydrogen-bond donors (Lipinski definition) is 2. The summed E-state index contributed by atoms with van der Waals surface area (Å²) in [4.78, 5) is 69.3. The van der Waals surface area contributed by atoms with E-state index in [2.05, 4.69) is 15.7 Å². The van der Waals surface area contributed by atoms with E-state index in [-0.39, 0.29) is 41.9 Å². The quantitative estimate of drug-likeness (QED) is 0.378. The molecule has 2 atom stereocenters. The summed E-state index contributed by atoms with van der Waals surface area (Å²) in [6.07, 6.45) is 4.72. The number of aromatic nitrogens is 2. The zero-order valence-electron chi connectivity index (χ0n) is 26.5. The van der Waals surface area contributed by atoms with Gasteiger partial charge in [-0.05, 0) is 57.6 Å². The number of carbonyl (C=O) groups excluding carboxylic acids is 5. The molecule has 14 nitrogen and oxygen atoms in total. The Hall–Kier alpha value is -4.62. The van der Waals surface area contributed by atoms with E-state index in [0.717, 1.165) is 32.1 Å². The maximum Gasteiger partial charge on any atom is 0.409 e. The fraction of sp³-hybridized carbons (Fsp3) is 0.562. The molecule has 0 spiro atoms. The van der Waals surface area contributed by atoms with E-state index in [0.29, 0.717) is 51.4 Å². The number of likely N-dealkylation sites (tertiary alicyclic amines) is 1. The van der Waals surface area contributed by atoms with Crippen LogP contribution in [0.15, 0.2) is 36.4 Å². The van der Waals surface area contributed by atoms with Crippen molar-refractivity contribution in [2.24, 2.45) is 0 Å². The van der Waals surface area contributed by atoms with E-state index < -0.39 is 24.1 Å². The van der Waals surface area contributed by atoms with E-state index in [1.165, 1.54) is 10.7 Å². The van der Waals surface area contributed by atoms with Crippen LogP contribution >= 0.6 is 0 Å². The van der Waals surface area contributed by atoms with Crippen molar-refractivity contribution in [3.63, 3.8) is 0 Å². The van der Waals surface area contributed by atoms with Crippen LogP contribution in [0, 0.1) is 0 Å². The third-order valence-corrected chi connectivity index (χ3v) is 8.58. The molecule has 3 heterocycles. The Morgan fingerprint density at radius 2 is 1.67 bits per heavy atom. The smallest absolute Gasteiger partial charge is 0.409 e. The average molecular weight is 638 g/mol. The van der Waals surface area contributed by atoms with Crippen LogP contribution in [0.3, 0.4) is 0 Å². The van der Waals surface area contributed by atoms with Gasteiger partial charge in [0.1, 0.15) is 12.1 Å². The molecule has 3 aliphatic rings. The van der Waals surface area contributed by atoms with E-state index in [1.54, 1.807) is 33.8 Å². The van der Waals surface area contributed by atoms with Crippen molar-refractivity contribution in [1.29, 1.82) is 0 Å². The van der Waals surface area contributed by atoms with Gasteiger partial charge in [0, 0.05) is 44.8 Å². The van der Waals surface area contributed by atoms with E-state index in [4.69, 9.17) is 9.47 Å². The lowest BCUT2D eigenvalue weighted by atomic mass is 9.93. The molecule has 1 aromatic heterocycles. The van der Waals surface area contributed by atoms with Gasteiger partial charge in [0.25, 0.3) is 11.8 Å². The molecule has 2 saturated heterocycles. The number of rotatable bonds is 11. The monoisotopic (exact) mass is 637 g/mol. The van der Waals surface area contributed by atoms with Crippen LogP contribution in [0.25, 0.3) is 5.69 Å². The molecule has 5 amide bonds. The highest BCUT2D eigenvalue weighted by Gasteiger charge is 2.36. The SMILES string of the molecule is CCCOC(=O)N1CCN(C(=O)[C@@H](C)NC(=O)c2cc(OCC(=O)N3CCC[C@H]3C(=O)NC3CCC3)n(-c3ccccc3)n2)CC1. The summed E-state index contributed by atoms with van der Waals surface area (Å²) in [5.41, 5.74) is 0.621. The second kappa shape index (κ2) is 15.1. The van der Waals surface area contributed by atoms with Gasteiger partial charge in [-0.15, -0.1) is 0 Å². The highest BCUT2D eigenvalue weighted by atomic mass is 16.6. The van der Waals surface area contributed by atoms with E-state index in [9.17, 15) is 24.0 Å². The molecular weight excluding hydrogens is 594 g/mol. The first kappa shape index (κ1) is 32.8. The molecule has 1 aromatic carbocycles.